The van der Waals surface area contributed by atoms with Crippen LogP contribution in [0.5, 0.6) is 0 Å². The molecule has 8 heteroatoms. The maximum Gasteiger partial charge on any atom is 0.285 e. The van der Waals surface area contributed by atoms with Gasteiger partial charge >= 0.3 is 0 Å². The summed E-state index contributed by atoms with van der Waals surface area (Å²) in [4.78, 5) is 7.55. The van der Waals surface area contributed by atoms with Crippen LogP contribution >= 0.6 is 11.9 Å². The van der Waals surface area contributed by atoms with E-state index in [1.807, 2.05) is 54.6 Å². The summed E-state index contributed by atoms with van der Waals surface area (Å²) in [7, 11) is 0. The van der Waals surface area contributed by atoms with Crippen LogP contribution in [0.3, 0.4) is 0 Å². The number of aromatic amines is 1. The first-order chi connectivity index (χ1) is 11.7. The van der Waals surface area contributed by atoms with Crippen LogP contribution in [0.1, 0.15) is 5.69 Å². The number of hydrogen-bond donors (Lipinski definition) is 3. The Morgan fingerprint density at radius 3 is 3.08 bits per heavy atom. The molecule has 2 aromatic rings. The molecule has 1 radical (unpaired) electrons. The van der Waals surface area contributed by atoms with Crippen molar-refractivity contribution < 1.29 is 0 Å². The van der Waals surface area contributed by atoms with E-state index in [4.69, 9.17) is 5.73 Å². The molecule has 3 heterocycles. The van der Waals surface area contributed by atoms with Gasteiger partial charge in [0.1, 0.15) is 6.54 Å². The van der Waals surface area contributed by atoms with Crippen LogP contribution < -0.4 is 16.0 Å². The molecule has 0 saturated carbocycles. The number of nitrogen functional groups attached to an aromatic ring is 1. The zero-order valence-electron chi connectivity index (χ0n) is 13.1. The SMILES string of the molecule is Cc1cc(NC2=CN(Sc3cccc(N)c3)CC3=NC=C[N+]23)n[nH]1. The first kappa shape index (κ1) is 14.9. The number of nitrogens with one attached hydrogen (secondary N) is 2. The largest absolute Gasteiger partial charge is 0.399 e. The molecule has 0 unspecified atom stereocenters. The Morgan fingerprint density at radius 1 is 1.38 bits per heavy atom. The number of H-pyrrole nitrogens is 1. The number of rotatable bonds is 4. The minimum Gasteiger partial charge on any atom is -0.399 e. The van der Waals surface area contributed by atoms with Gasteiger partial charge in [-0.25, -0.2) is 0 Å². The fourth-order valence-corrected chi connectivity index (χ4v) is 3.46. The Balaban J connectivity index is 1.58. The smallest absolute Gasteiger partial charge is 0.285 e. The summed E-state index contributed by atoms with van der Waals surface area (Å²) in [5.74, 6) is 2.63. The van der Waals surface area contributed by atoms with Gasteiger partial charge in [0.25, 0.3) is 11.7 Å². The molecule has 7 nitrogen and oxygen atoms in total. The lowest BCUT2D eigenvalue weighted by molar-refractivity contribution is 0.634. The van der Waals surface area contributed by atoms with Crippen LogP contribution in [0.4, 0.5) is 11.5 Å². The Kier molecular flexibility index (Phi) is 3.75. The molecule has 0 atom stereocenters. The number of aliphatic imine (C=N–C) groups is 1. The average molecular weight is 339 g/mol. The van der Waals surface area contributed by atoms with Crippen LogP contribution in [0.25, 0.3) is 0 Å². The highest BCUT2D eigenvalue weighted by atomic mass is 32.2. The number of hydrogen-bond acceptors (Lipinski definition) is 7. The van der Waals surface area contributed by atoms with Crippen molar-refractivity contribution in [1.82, 2.24) is 19.4 Å². The van der Waals surface area contributed by atoms with E-state index in [2.05, 4.69) is 24.8 Å². The van der Waals surface area contributed by atoms with Crippen LogP contribution in [-0.2, 0) is 0 Å². The Morgan fingerprint density at radius 2 is 2.29 bits per heavy atom. The summed E-state index contributed by atoms with van der Waals surface area (Å²) >= 11 is 1.62. The second kappa shape index (κ2) is 6.06. The lowest BCUT2D eigenvalue weighted by atomic mass is 10.3. The number of aromatic nitrogens is 2. The van der Waals surface area contributed by atoms with Crippen LogP contribution in [0.15, 0.2) is 64.6 Å². The van der Waals surface area contributed by atoms with E-state index in [1.165, 1.54) is 0 Å². The summed E-state index contributed by atoms with van der Waals surface area (Å²) < 4.78 is 2.12. The maximum atomic E-state index is 5.87. The molecule has 0 aliphatic carbocycles. The summed E-state index contributed by atoms with van der Waals surface area (Å²) in [5, 5.41) is 10.5. The van der Waals surface area contributed by atoms with E-state index in [1.54, 1.807) is 18.1 Å². The molecule has 0 spiro atoms. The van der Waals surface area contributed by atoms with Crippen molar-refractivity contribution in [3.8, 4) is 0 Å². The van der Waals surface area contributed by atoms with Crippen LogP contribution in [-0.4, -0.2) is 26.9 Å². The van der Waals surface area contributed by atoms with Gasteiger partial charge in [-0.1, -0.05) is 6.07 Å². The van der Waals surface area contributed by atoms with Gasteiger partial charge in [-0.15, -0.1) is 0 Å². The molecule has 2 aliphatic rings. The molecule has 121 valence electrons. The van der Waals surface area contributed by atoms with Gasteiger partial charge in [-0.2, -0.15) is 10.1 Å². The molecule has 4 N–H and O–H groups in total. The first-order valence-corrected chi connectivity index (χ1v) is 8.28. The summed E-state index contributed by atoms with van der Waals surface area (Å²) in [6.07, 6.45) is 5.79. The quantitative estimate of drug-likeness (QED) is 0.453. The fourth-order valence-electron chi connectivity index (χ4n) is 2.53. The lowest BCUT2D eigenvalue weighted by Gasteiger charge is -2.24. The van der Waals surface area contributed by atoms with Crippen LogP contribution in [0, 0.1) is 6.92 Å². The monoisotopic (exact) mass is 339 g/mol. The van der Waals surface area contributed by atoms with Gasteiger partial charge in [0.2, 0.25) is 0 Å². The highest BCUT2D eigenvalue weighted by molar-refractivity contribution is 7.97. The van der Waals surface area contributed by atoms with Crippen LogP contribution in [0.2, 0.25) is 0 Å². The molecule has 1 aromatic heterocycles. The van der Waals surface area contributed by atoms with Gasteiger partial charge in [0, 0.05) is 22.3 Å². The second-order valence-electron chi connectivity index (χ2n) is 5.53. The van der Waals surface area contributed by atoms with Gasteiger partial charge in [0.15, 0.2) is 12.0 Å². The van der Waals surface area contributed by atoms with E-state index in [9.17, 15) is 0 Å². The number of aryl methyl sites for hydroxylation is 1. The normalized spacial score (nSPS) is 16.8. The van der Waals surface area contributed by atoms with Crippen molar-refractivity contribution in [2.75, 3.05) is 17.6 Å². The van der Waals surface area contributed by atoms with E-state index < -0.39 is 0 Å². The Labute approximate surface area is 144 Å². The van der Waals surface area contributed by atoms with Crippen molar-refractivity contribution in [3.63, 3.8) is 0 Å². The van der Waals surface area contributed by atoms with Gasteiger partial charge in [-0.05, 0) is 42.0 Å². The molecule has 1 aromatic carbocycles. The standard InChI is InChI=1S/C16H17N7S/c1-11-7-14(21-20-11)19-16-10-22(9-15-18-5-6-23(15)16)24-13-4-2-3-12(17)8-13/h2-8,10H,9,17H2,1H3,(H2,19,20,21)/q+1. The number of amidine groups is 1. The zero-order chi connectivity index (χ0) is 16.5. The number of nitrogens with zero attached hydrogens (tertiary/aromatic N) is 4. The Bertz CT molecular complexity index is 852. The minimum atomic E-state index is 0.706. The van der Waals surface area contributed by atoms with Crippen molar-refractivity contribution in [1.29, 1.82) is 0 Å². The molecule has 0 saturated heterocycles. The van der Waals surface area contributed by atoms with Crippen molar-refractivity contribution in [2.45, 2.75) is 11.8 Å². The molecule has 0 amide bonds. The summed E-state index contributed by atoms with van der Waals surface area (Å²) in [6, 6.07) is 9.80. The van der Waals surface area contributed by atoms with Crippen molar-refractivity contribution in [2.24, 2.45) is 4.99 Å². The summed E-state index contributed by atoms with van der Waals surface area (Å²) in [6.45, 7) is 2.68. The van der Waals surface area contributed by atoms with Gasteiger partial charge in [0.05, 0.1) is 12.4 Å². The molecular weight excluding hydrogens is 322 g/mol. The third kappa shape index (κ3) is 3.01. The van der Waals surface area contributed by atoms with Crippen molar-refractivity contribution >= 4 is 29.3 Å². The third-order valence-electron chi connectivity index (χ3n) is 3.58. The van der Waals surface area contributed by atoms with Gasteiger partial charge < -0.3 is 5.73 Å². The maximum absolute atomic E-state index is 5.87. The number of benzene rings is 1. The van der Waals surface area contributed by atoms with E-state index in [0.717, 1.165) is 33.8 Å². The zero-order valence-corrected chi connectivity index (χ0v) is 13.9. The second-order valence-corrected chi connectivity index (χ2v) is 6.65. The molecule has 0 bridgehead atoms. The highest BCUT2D eigenvalue weighted by Gasteiger charge is 2.37. The molecule has 0 fully saturated rings. The minimum absolute atomic E-state index is 0.706. The van der Waals surface area contributed by atoms with Crippen molar-refractivity contribution in [3.05, 3.63) is 60.4 Å². The lowest BCUT2D eigenvalue weighted by Crippen LogP contribution is -2.42. The molecule has 4 rings (SSSR count). The van der Waals surface area contributed by atoms with Gasteiger partial charge in [-0.3, -0.25) is 14.7 Å². The number of anilines is 2. The molecule has 2 aliphatic heterocycles. The molecule has 24 heavy (non-hydrogen) atoms. The summed E-state index contributed by atoms with van der Waals surface area (Å²) in [5.41, 5.74) is 7.63. The highest BCUT2D eigenvalue weighted by Crippen LogP contribution is 2.29. The third-order valence-corrected chi connectivity index (χ3v) is 4.52. The predicted molar refractivity (Wildman–Crippen MR) is 97.2 cm³/mol. The van der Waals surface area contributed by atoms with E-state index in [0.29, 0.717) is 6.54 Å². The predicted octanol–water partition coefficient (Wildman–Crippen LogP) is 2.56. The van der Waals surface area contributed by atoms with E-state index >= 15 is 0 Å². The van der Waals surface area contributed by atoms with E-state index in [-0.39, 0.29) is 0 Å². The topological polar surface area (TPSA) is 88.2 Å². The molecular formula is C16H17N7S+. The number of fused-ring (bicyclic) bond motifs is 1. The fraction of sp³-hybridized carbons (Fsp3) is 0.125. The first-order valence-electron chi connectivity index (χ1n) is 7.51. The Hall–Kier alpha value is -2.71. The number of nitrogens with two attached hydrogens (primary N) is 1. The average Bonchev–Trinajstić information content (AvgIpc) is 3.16.